The molecule has 0 aliphatic heterocycles. The number of thioether (sulfide) groups is 1. The number of hydrogen-bond acceptors (Lipinski definition) is 6. The molecule has 0 aliphatic carbocycles. The molecule has 2 aromatic heterocycles. The quantitative estimate of drug-likeness (QED) is 0.480. The van der Waals surface area contributed by atoms with Crippen LogP contribution < -0.4 is 0 Å². The zero-order valence-electron chi connectivity index (χ0n) is 13.8. The fourth-order valence-electron chi connectivity index (χ4n) is 2.29. The van der Waals surface area contributed by atoms with Crippen LogP contribution >= 0.6 is 23.4 Å². The van der Waals surface area contributed by atoms with Crippen LogP contribution in [0.1, 0.15) is 20.3 Å². The van der Waals surface area contributed by atoms with Crippen molar-refractivity contribution >= 4 is 35.0 Å². The number of rotatable bonds is 6. The van der Waals surface area contributed by atoms with Gasteiger partial charge in [-0.15, -0.1) is 10.2 Å². The van der Waals surface area contributed by atoms with Gasteiger partial charge in [0.1, 0.15) is 10.3 Å². The van der Waals surface area contributed by atoms with E-state index in [4.69, 9.17) is 16.3 Å². The summed E-state index contributed by atoms with van der Waals surface area (Å²) in [5, 5.41) is 14.0. The van der Waals surface area contributed by atoms with E-state index in [0.717, 1.165) is 5.56 Å². The standard InChI is InChI=1S/C17H17ClN4O2S/c1-3-13(17(23)24-4-2)25-15-10-9-14-19-20-16(22(14)21-15)11-5-7-12(18)8-6-11/h5-10,13H,3-4H2,1-2H3/t13-/m1/s1. The lowest BCUT2D eigenvalue weighted by atomic mass is 10.2. The fraction of sp³-hybridized carbons (Fsp3) is 0.294. The van der Waals surface area contributed by atoms with E-state index >= 15 is 0 Å². The van der Waals surface area contributed by atoms with Gasteiger partial charge in [-0.1, -0.05) is 30.3 Å². The van der Waals surface area contributed by atoms with Crippen LogP contribution in [0.4, 0.5) is 0 Å². The number of fused-ring (bicyclic) bond motifs is 1. The summed E-state index contributed by atoms with van der Waals surface area (Å²) in [7, 11) is 0. The summed E-state index contributed by atoms with van der Waals surface area (Å²) in [6, 6.07) is 11.0. The molecule has 6 nitrogen and oxygen atoms in total. The number of carbonyl (C=O) groups is 1. The van der Waals surface area contributed by atoms with E-state index in [9.17, 15) is 4.79 Å². The minimum Gasteiger partial charge on any atom is -0.465 e. The van der Waals surface area contributed by atoms with Gasteiger partial charge >= 0.3 is 5.97 Å². The highest BCUT2D eigenvalue weighted by molar-refractivity contribution is 8.00. The molecule has 0 saturated heterocycles. The Hall–Kier alpha value is -2.12. The Morgan fingerprint density at radius 1 is 1.20 bits per heavy atom. The van der Waals surface area contributed by atoms with Crippen molar-refractivity contribution in [3.8, 4) is 11.4 Å². The van der Waals surface area contributed by atoms with E-state index in [2.05, 4.69) is 15.3 Å². The maximum atomic E-state index is 12.0. The normalized spacial score (nSPS) is 12.3. The average Bonchev–Trinajstić information content (AvgIpc) is 3.03. The molecule has 0 unspecified atom stereocenters. The van der Waals surface area contributed by atoms with Gasteiger partial charge in [-0.05, 0) is 49.7 Å². The third-order valence-corrected chi connectivity index (χ3v) is 5.05. The molecule has 0 amide bonds. The topological polar surface area (TPSA) is 69.4 Å². The average molecular weight is 377 g/mol. The Kier molecular flexibility index (Phi) is 5.55. The Morgan fingerprint density at radius 2 is 1.96 bits per heavy atom. The Labute approximate surface area is 154 Å². The summed E-state index contributed by atoms with van der Waals surface area (Å²) in [4.78, 5) is 12.0. The first kappa shape index (κ1) is 17.7. The summed E-state index contributed by atoms with van der Waals surface area (Å²) in [6.07, 6.45) is 0.662. The zero-order chi connectivity index (χ0) is 17.8. The van der Waals surface area contributed by atoms with Crippen LogP contribution in [0.25, 0.3) is 17.0 Å². The summed E-state index contributed by atoms with van der Waals surface area (Å²) in [5.74, 6) is 0.400. The van der Waals surface area contributed by atoms with Gasteiger partial charge in [0, 0.05) is 10.6 Å². The first-order chi connectivity index (χ1) is 12.1. The Morgan fingerprint density at radius 3 is 2.64 bits per heavy atom. The lowest BCUT2D eigenvalue weighted by Gasteiger charge is -2.12. The van der Waals surface area contributed by atoms with Crippen molar-refractivity contribution in [1.82, 2.24) is 19.8 Å². The molecule has 0 spiro atoms. The van der Waals surface area contributed by atoms with Crippen LogP contribution in [0.2, 0.25) is 5.02 Å². The van der Waals surface area contributed by atoms with Gasteiger partial charge in [0.15, 0.2) is 11.5 Å². The number of halogens is 1. The number of benzene rings is 1. The number of carbonyl (C=O) groups excluding carboxylic acids is 1. The number of aromatic nitrogens is 4. The molecule has 0 fully saturated rings. The van der Waals surface area contributed by atoms with Crippen LogP contribution in [0, 0.1) is 0 Å². The van der Waals surface area contributed by atoms with Gasteiger partial charge in [-0.2, -0.15) is 9.61 Å². The molecule has 130 valence electrons. The zero-order valence-corrected chi connectivity index (χ0v) is 15.4. The molecule has 0 saturated carbocycles. The molecule has 25 heavy (non-hydrogen) atoms. The minimum absolute atomic E-state index is 0.224. The van der Waals surface area contributed by atoms with Gasteiger partial charge in [-0.3, -0.25) is 4.79 Å². The summed E-state index contributed by atoms with van der Waals surface area (Å²) >= 11 is 7.32. The van der Waals surface area contributed by atoms with E-state index in [-0.39, 0.29) is 11.2 Å². The molecule has 3 rings (SSSR count). The molecule has 0 aliphatic rings. The van der Waals surface area contributed by atoms with Gasteiger partial charge in [0.2, 0.25) is 0 Å². The molecular formula is C17H17ClN4O2S. The predicted molar refractivity (Wildman–Crippen MR) is 97.8 cm³/mol. The van der Waals surface area contributed by atoms with E-state index in [1.807, 2.05) is 31.2 Å². The van der Waals surface area contributed by atoms with Crippen LogP contribution in [0.5, 0.6) is 0 Å². The fourth-order valence-corrected chi connectivity index (χ4v) is 3.32. The van der Waals surface area contributed by atoms with Gasteiger partial charge in [-0.25, -0.2) is 0 Å². The molecule has 1 aromatic carbocycles. The Balaban J connectivity index is 1.92. The number of ether oxygens (including phenoxy) is 1. The largest absolute Gasteiger partial charge is 0.465 e. The first-order valence-corrected chi connectivity index (χ1v) is 9.19. The smallest absolute Gasteiger partial charge is 0.319 e. The second-order valence-electron chi connectivity index (χ2n) is 5.24. The van der Waals surface area contributed by atoms with Gasteiger partial charge < -0.3 is 4.74 Å². The molecule has 1 atom stereocenters. The highest BCUT2D eigenvalue weighted by atomic mass is 35.5. The van der Waals surface area contributed by atoms with Crippen LogP contribution in [0.3, 0.4) is 0 Å². The second-order valence-corrected chi connectivity index (χ2v) is 6.90. The minimum atomic E-state index is -0.291. The van der Waals surface area contributed by atoms with Crippen LogP contribution in [0.15, 0.2) is 41.4 Å². The number of hydrogen-bond donors (Lipinski definition) is 0. The van der Waals surface area contributed by atoms with E-state index < -0.39 is 0 Å². The maximum absolute atomic E-state index is 12.0. The van der Waals surface area contributed by atoms with E-state index in [1.165, 1.54) is 11.8 Å². The van der Waals surface area contributed by atoms with E-state index in [0.29, 0.717) is 34.5 Å². The number of nitrogens with zero attached hydrogens (tertiary/aromatic N) is 4. The number of esters is 1. The molecular weight excluding hydrogens is 360 g/mol. The summed E-state index contributed by atoms with van der Waals surface area (Å²) in [5.41, 5.74) is 1.50. The van der Waals surface area contributed by atoms with Crippen molar-refractivity contribution in [1.29, 1.82) is 0 Å². The molecule has 2 heterocycles. The van der Waals surface area contributed by atoms with E-state index in [1.54, 1.807) is 23.6 Å². The molecule has 0 N–H and O–H groups in total. The SMILES string of the molecule is CCOC(=O)[C@@H](CC)Sc1ccc2nnc(-c3ccc(Cl)cc3)n2n1. The predicted octanol–water partition coefficient (Wildman–Crippen LogP) is 3.88. The van der Waals surface area contributed by atoms with Gasteiger partial charge in [0.05, 0.1) is 6.61 Å². The van der Waals surface area contributed by atoms with Crippen molar-refractivity contribution in [3.05, 3.63) is 41.4 Å². The van der Waals surface area contributed by atoms with Crippen LogP contribution in [-0.4, -0.2) is 37.6 Å². The summed E-state index contributed by atoms with van der Waals surface area (Å²) < 4.78 is 6.78. The third-order valence-electron chi connectivity index (χ3n) is 3.52. The van der Waals surface area contributed by atoms with Gasteiger partial charge in [0.25, 0.3) is 0 Å². The lowest BCUT2D eigenvalue weighted by Crippen LogP contribution is -2.19. The van der Waals surface area contributed by atoms with Crippen molar-refractivity contribution in [2.45, 2.75) is 30.5 Å². The third kappa shape index (κ3) is 3.93. The van der Waals surface area contributed by atoms with Crippen molar-refractivity contribution < 1.29 is 9.53 Å². The Bertz CT molecular complexity index is 882. The van der Waals surface area contributed by atoms with Crippen molar-refractivity contribution in [2.24, 2.45) is 0 Å². The second kappa shape index (κ2) is 7.84. The molecule has 0 bridgehead atoms. The van der Waals surface area contributed by atoms with Crippen molar-refractivity contribution in [3.63, 3.8) is 0 Å². The van der Waals surface area contributed by atoms with Crippen LogP contribution in [-0.2, 0) is 9.53 Å². The molecule has 8 heteroatoms. The lowest BCUT2D eigenvalue weighted by molar-refractivity contribution is -0.142. The maximum Gasteiger partial charge on any atom is 0.319 e. The monoisotopic (exact) mass is 376 g/mol. The molecule has 0 radical (unpaired) electrons. The summed E-state index contributed by atoms with van der Waals surface area (Å²) in [6.45, 7) is 4.12. The highest BCUT2D eigenvalue weighted by Gasteiger charge is 2.20. The van der Waals surface area contributed by atoms with Crippen molar-refractivity contribution in [2.75, 3.05) is 6.61 Å². The highest BCUT2D eigenvalue weighted by Crippen LogP contribution is 2.26. The molecule has 3 aromatic rings. The first-order valence-electron chi connectivity index (χ1n) is 7.94.